The second-order valence-corrected chi connectivity index (χ2v) is 6.46. The molecule has 4 heteroatoms. The molecular formula is C19H24N4. The Balaban J connectivity index is 1.78. The molecule has 0 saturated carbocycles. The first-order chi connectivity index (χ1) is 11.4. The zero-order chi connectivity index (χ0) is 15.6. The molecule has 23 heavy (non-hydrogen) atoms. The molecule has 0 spiro atoms. The van der Waals surface area contributed by atoms with Crippen LogP contribution >= 0.6 is 0 Å². The summed E-state index contributed by atoms with van der Waals surface area (Å²) in [5.41, 5.74) is 11.5. The summed E-state index contributed by atoms with van der Waals surface area (Å²) in [6, 6.07) is 8.85. The Bertz CT molecular complexity index is 718. The van der Waals surface area contributed by atoms with E-state index in [-0.39, 0.29) is 0 Å². The van der Waals surface area contributed by atoms with Crippen LogP contribution in [0.3, 0.4) is 0 Å². The van der Waals surface area contributed by atoms with Crippen LogP contribution in [0.15, 0.2) is 42.2 Å². The molecule has 4 rings (SSSR count). The third kappa shape index (κ3) is 2.73. The van der Waals surface area contributed by atoms with Gasteiger partial charge < -0.3 is 15.2 Å². The number of imidazole rings is 1. The summed E-state index contributed by atoms with van der Waals surface area (Å²) in [7, 11) is 0. The van der Waals surface area contributed by atoms with Crippen molar-refractivity contribution in [3.05, 3.63) is 59.2 Å². The molecule has 0 bridgehead atoms. The van der Waals surface area contributed by atoms with E-state index >= 15 is 0 Å². The summed E-state index contributed by atoms with van der Waals surface area (Å²) in [5, 5.41) is 0. The summed E-state index contributed by atoms with van der Waals surface area (Å²) in [5.74, 6) is 1.15. The predicted molar refractivity (Wildman–Crippen MR) is 93.1 cm³/mol. The molecule has 1 saturated heterocycles. The van der Waals surface area contributed by atoms with Crippen molar-refractivity contribution in [3.63, 3.8) is 0 Å². The summed E-state index contributed by atoms with van der Waals surface area (Å²) in [6.07, 6.45) is 7.38. The maximum atomic E-state index is 5.70. The maximum absolute atomic E-state index is 5.70. The Labute approximate surface area is 137 Å². The third-order valence-corrected chi connectivity index (χ3v) is 5.11. The van der Waals surface area contributed by atoms with Crippen LogP contribution in [0.5, 0.6) is 0 Å². The van der Waals surface area contributed by atoms with Gasteiger partial charge >= 0.3 is 0 Å². The fourth-order valence-corrected chi connectivity index (χ4v) is 3.89. The molecule has 0 radical (unpaired) electrons. The summed E-state index contributed by atoms with van der Waals surface area (Å²) < 4.78 is 2.31. The molecule has 120 valence electrons. The Morgan fingerprint density at radius 1 is 1.04 bits per heavy atom. The van der Waals surface area contributed by atoms with Crippen LogP contribution in [-0.2, 0) is 13.0 Å². The van der Waals surface area contributed by atoms with Gasteiger partial charge in [-0.2, -0.15) is 0 Å². The molecule has 0 unspecified atom stereocenters. The zero-order valence-corrected chi connectivity index (χ0v) is 13.5. The first-order valence-corrected chi connectivity index (χ1v) is 8.61. The Morgan fingerprint density at radius 2 is 1.87 bits per heavy atom. The molecule has 0 aliphatic carbocycles. The Morgan fingerprint density at radius 3 is 2.70 bits per heavy atom. The SMILES string of the molecule is NCCN1CCC(=C2c3ccccc3CCn3ccnc32)CC1. The second-order valence-electron chi connectivity index (χ2n) is 6.46. The number of hydrogen-bond donors (Lipinski definition) is 1. The first kappa shape index (κ1) is 14.7. The van der Waals surface area contributed by atoms with Gasteiger partial charge in [-0.25, -0.2) is 4.98 Å². The van der Waals surface area contributed by atoms with Crippen molar-refractivity contribution in [2.75, 3.05) is 26.2 Å². The number of hydrogen-bond acceptors (Lipinski definition) is 3. The van der Waals surface area contributed by atoms with Gasteiger partial charge in [-0.15, -0.1) is 0 Å². The van der Waals surface area contributed by atoms with E-state index in [9.17, 15) is 0 Å². The van der Waals surface area contributed by atoms with Crippen LogP contribution in [0.2, 0.25) is 0 Å². The van der Waals surface area contributed by atoms with Gasteiger partial charge in [-0.3, -0.25) is 0 Å². The summed E-state index contributed by atoms with van der Waals surface area (Å²) >= 11 is 0. The minimum atomic E-state index is 0.749. The molecule has 0 atom stereocenters. The molecule has 2 aliphatic heterocycles. The quantitative estimate of drug-likeness (QED) is 0.926. The number of aryl methyl sites for hydroxylation is 2. The summed E-state index contributed by atoms with van der Waals surface area (Å²) in [6.45, 7) is 4.99. The monoisotopic (exact) mass is 308 g/mol. The fourth-order valence-electron chi connectivity index (χ4n) is 3.89. The van der Waals surface area contributed by atoms with Crippen LogP contribution in [0, 0.1) is 0 Å². The van der Waals surface area contributed by atoms with Crippen molar-refractivity contribution < 1.29 is 0 Å². The average Bonchev–Trinajstić information content (AvgIpc) is 2.98. The van der Waals surface area contributed by atoms with Gasteiger partial charge in [0.25, 0.3) is 0 Å². The smallest absolute Gasteiger partial charge is 0.140 e. The molecule has 0 amide bonds. The molecule has 2 aromatic rings. The summed E-state index contributed by atoms with van der Waals surface area (Å²) in [4.78, 5) is 7.17. The average molecular weight is 308 g/mol. The largest absolute Gasteiger partial charge is 0.331 e. The van der Waals surface area contributed by atoms with Crippen molar-refractivity contribution in [1.29, 1.82) is 0 Å². The number of nitrogens with two attached hydrogens (primary N) is 1. The predicted octanol–water partition coefficient (Wildman–Crippen LogP) is 2.30. The minimum absolute atomic E-state index is 0.749. The number of piperidine rings is 1. The first-order valence-electron chi connectivity index (χ1n) is 8.61. The zero-order valence-electron chi connectivity index (χ0n) is 13.5. The molecule has 1 fully saturated rings. The topological polar surface area (TPSA) is 47.1 Å². The number of rotatable bonds is 2. The molecule has 2 N–H and O–H groups in total. The number of benzene rings is 1. The lowest BCUT2D eigenvalue weighted by Gasteiger charge is -2.29. The maximum Gasteiger partial charge on any atom is 0.140 e. The van der Waals surface area contributed by atoms with E-state index < -0.39 is 0 Å². The highest BCUT2D eigenvalue weighted by atomic mass is 15.1. The normalized spacial score (nSPS) is 18.5. The minimum Gasteiger partial charge on any atom is -0.331 e. The molecule has 1 aromatic heterocycles. The lowest BCUT2D eigenvalue weighted by atomic mass is 9.90. The van der Waals surface area contributed by atoms with Gasteiger partial charge in [0.15, 0.2) is 0 Å². The number of fused-ring (bicyclic) bond motifs is 2. The van der Waals surface area contributed by atoms with Gasteiger partial charge in [0.2, 0.25) is 0 Å². The van der Waals surface area contributed by atoms with Gasteiger partial charge in [0.1, 0.15) is 5.82 Å². The van der Waals surface area contributed by atoms with Crippen LogP contribution < -0.4 is 5.73 Å². The molecule has 1 aromatic carbocycles. The van der Waals surface area contributed by atoms with Crippen molar-refractivity contribution in [1.82, 2.24) is 14.5 Å². The highest BCUT2D eigenvalue weighted by molar-refractivity contribution is 5.81. The van der Waals surface area contributed by atoms with Gasteiger partial charge in [0.05, 0.1) is 0 Å². The van der Waals surface area contributed by atoms with E-state index in [4.69, 9.17) is 10.7 Å². The van der Waals surface area contributed by atoms with Crippen LogP contribution in [0.1, 0.15) is 29.8 Å². The van der Waals surface area contributed by atoms with E-state index in [0.717, 1.165) is 57.8 Å². The van der Waals surface area contributed by atoms with Crippen LogP contribution in [-0.4, -0.2) is 40.6 Å². The number of nitrogens with zero attached hydrogens (tertiary/aromatic N) is 3. The van der Waals surface area contributed by atoms with Crippen LogP contribution in [0.4, 0.5) is 0 Å². The Kier molecular flexibility index (Phi) is 4.02. The Hall–Kier alpha value is -1.91. The molecule has 3 heterocycles. The van der Waals surface area contributed by atoms with Gasteiger partial charge in [0, 0.05) is 50.7 Å². The van der Waals surface area contributed by atoms with Gasteiger partial charge in [-0.1, -0.05) is 29.8 Å². The van der Waals surface area contributed by atoms with E-state index in [0.29, 0.717) is 0 Å². The fraction of sp³-hybridized carbons (Fsp3) is 0.421. The third-order valence-electron chi connectivity index (χ3n) is 5.11. The number of likely N-dealkylation sites (tertiary alicyclic amines) is 1. The highest BCUT2D eigenvalue weighted by Crippen LogP contribution is 2.35. The van der Waals surface area contributed by atoms with Crippen molar-refractivity contribution in [3.8, 4) is 0 Å². The van der Waals surface area contributed by atoms with E-state index in [1.807, 2.05) is 6.20 Å². The second kappa shape index (κ2) is 6.30. The lowest BCUT2D eigenvalue weighted by Crippen LogP contribution is -2.35. The highest BCUT2D eigenvalue weighted by Gasteiger charge is 2.24. The van der Waals surface area contributed by atoms with Gasteiger partial charge in [-0.05, 0) is 30.4 Å². The van der Waals surface area contributed by atoms with E-state index in [1.165, 1.54) is 16.7 Å². The van der Waals surface area contributed by atoms with E-state index in [2.05, 4.69) is 39.9 Å². The van der Waals surface area contributed by atoms with Crippen molar-refractivity contribution in [2.45, 2.75) is 25.8 Å². The molecule has 2 aliphatic rings. The standard InChI is InChI=1S/C19H24N4/c20-8-13-22-10-5-16(6-11-22)18-17-4-2-1-3-15(17)7-12-23-14-9-21-19(18)23/h1-4,9,14H,5-8,10-13,20H2. The molecule has 4 nitrogen and oxygen atoms in total. The van der Waals surface area contributed by atoms with Crippen LogP contribution in [0.25, 0.3) is 5.57 Å². The van der Waals surface area contributed by atoms with E-state index in [1.54, 1.807) is 5.57 Å². The van der Waals surface area contributed by atoms with Crippen molar-refractivity contribution in [2.24, 2.45) is 5.73 Å². The molecular weight excluding hydrogens is 284 g/mol. The lowest BCUT2D eigenvalue weighted by molar-refractivity contribution is 0.264. The van der Waals surface area contributed by atoms with Crippen molar-refractivity contribution >= 4 is 5.57 Å². The number of aromatic nitrogens is 2.